The highest BCUT2D eigenvalue weighted by molar-refractivity contribution is 7.87. The summed E-state index contributed by atoms with van der Waals surface area (Å²) in [5.74, 6) is 0.185. The molecule has 4 nitrogen and oxygen atoms in total. The fraction of sp³-hybridized carbons (Fsp3) is 0.538. The highest BCUT2D eigenvalue weighted by Crippen LogP contribution is 2.24. The summed E-state index contributed by atoms with van der Waals surface area (Å²) in [5.41, 5.74) is 0.0808. The van der Waals surface area contributed by atoms with Crippen molar-refractivity contribution >= 4 is 21.8 Å². The Morgan fingerprint density at radius 1 is 1.26 bits per heavy atom. The van der Waals surface area contributed by atoms with Gasteiger partial charge in [-0.05, 0) is 25.3 Å². The molecule has 0 radical (unpaired) electrons. The van der Waals surface area contributed by atoms with Crippen LogP contribution in [0.4, 0.5) is 0 Å². The van der Waals surface area contributed by atoms with Gasteiger partial charge in [-0.3, -0.25) is 0 Å². The highest BCUT2D eigenvalue weighted by atomic mass is 35.5. The second kappa shape index (κ2) is 5.79. The molecule has 6 heteroatoms. The summed E-state index contributed by atoms with van der Waals surface area (Å²) in [5, 5.41) is 0. The summed E-state index contributed by atoms with van der Waals surface area (Å²) in [6.07, 6.45) is 1.84. The lowest BCUT2D eigenvalue weighted by molar-refractivity contribution is 0.420. The Morgan fingerprint density at radius 3 is 2.37 bits per heavy atom. The maximum absolute atomic E-state index is 12.3. The molecule has 0 saturated carbocycles. The molecule has 1 unspecified atom stereocenters. The van der Waals surface area contributed by atoms with Crippen LogP contribution in [-0.4, -0.2) is 31.7 Å². The first-order valence-corrected chi connectivity index (χ1v) is 8.36. The van der Waals surface area contributed by atoms with Gasteiger partial charge >= 0.3 is 0 Å². The van der Waals surface area contributed by atoms with Gasteiger partial charge in [-0.25, -0.2) is 0 Å². The van der Waals surface area contributed by atoms with Gasteiger partial charge in [0.15, 0.2) is 0 Å². The van der Waals surface area contributed by atoms with Crippen molar-refractivity contribution in [2.24, 2.45) is 0 Å². The van der Waals surface area contributed by atoms with Gasteiger partial charge in [-0.15, -0.1) is 11.6 Å². The van der Waals surface area contributed by atoms with E-state index in [0.717, 1.165) is 18.4 Å². The SMILES string of the molecule is CC(CCl)(NS(=O)(=O)N1CCCC1)c1ccccc1. The Bertz CT molecular complexity index is 515. The molecule has 1 atom stereocenters. The van der Waals surface area contributed by atoms with E-state index in [1.54, 1.807) is 0 Å². The lowest BCUT2D eigenvalue weighted by Gasteiger charge is -2.31. The Kier molecular flexibility index (Phi) is 4.50. The van der Waals surface area contributed by atoms with Crippen LogP contribution in [0.25, 0.3) is 0 Å². The average molecular weight is 303 g/mol. The Labute approximate surface area is 119 Å². The maximum atomic E-state index is 12.3. The van der Waals surface area contributed by atoms with Crippen molar-refractivity contribution in [3.05, 3.63) is 35.9 Å². The van der Waals surface area contributed by atoms with Gasteiger partial charge in [0.05, 0.1) is 5.54 Å². The molecule has 1 aliphatic rings. The minimum Gasteiger partial charge on any atom is -0.195 e. The molecule has 0 amide bonds. The van der Waals surface area contributed by atoms with E-state index in [2.05, 4.69) is 4.72 Å². The fourth-order valence-electron chi connectivity index (χ4n) is 2.25. The first-order valence-electron chi connectivity index (χ1n) is 6.38. The van der Waals surface area contributed by atoms with E-state index in [1.807, 2.05) is 37.3 Å². The van der Waals surface area contributed by atoms with E-state index < -0.39 is 15.7 Å². The van der Waals surface area contributed by atoms with Crippen LogP contribution in [-0.2, 0) is 15.7 Å². The number of nitrogens with one attached hydrogen (secondary N) is 1. The summed E-state index contributed by atoms with van der Waals surface area (Å²) in [6.45, 7) is 2.98. The largest absolute Gasteiger partial charge is 0.280 e. The van der Waals surface area contributed by atoms with Crippen molar-refractivity contribution in [1.82, 2.24) is 9.03 Å². The van der Waals surface area contributed by atoms with Gasteiger partial charge < -0.3 is 0 Å². The molecule has 1 saturated heterocycles. The fourth-order valence-corrected chi connectivity index (χ4v) is 4.17. The van der Waals surface area contributed by atoms with Crippen LogP contribution < -0.4 is 4.72 Å². The zero-order chi connectivity index (χ0) is 13.9. The summed E-state index contributed by atoms with van der Waals surface area (Å²) >= 11 is 6.01. The van der Waals surface area contributed by atoms with Gasteiger partial charge in [0.1, 0.15) is 0 Å². The molecular formula is C13H19ClN2O2S. The van der Waals surface area contributed by atoms with E-state index in [1.165, 1.54) is 4.31 Å². The lowest BCUT2D eigenvalue weighted by atomic mass is 9.96. The minimum absolute atomic E-state index is 0.185. The maximum Gasteiger partial charge on any atom is 0.280 e. The normalized spacial score (nSPS) is 20.3. The predicted molar refractivity (Wildman–Crippen MR) is 77.4 cm³/mol. The first-order chi connectivity index (χ1) is 8.98. The second-order valence-corrected chi connectivity index (χ2v) is 6.98. The number of benzene rings is 1. The lowest BCUT2D eigenvalue weighted by Crippen LogP contribution is -2.50. The topological polar surface area (TPSA) is 49.4 Å². The van der Waals surface area contributed by atoms with Gasteiger partial charge in [0.25, 0.3) is 10.2 Å². The molecule has 1 N–H and O–H groups in total. The van der Waals surface area contributed by atoms with E-state index in [0.29, 0.717) is 13.1 Å². The van der Waals surface area contributed by atoms with Crippen molar-refractivity contribution in [1.29, 1.82) is 0 Å². The van der Waals surface area contributed by atoms with Crippen molar-refractivity contribution in [2.75, 3.05) is 19.0 Å². The first kappa shape index (κ1) is 14.8. The smallest absolute Gasteiger partial charge is 0.195 e. The highest BCUT2D eigenvalue weighted by Gasteiger charge is 2.35. The van der Waals surface area contributed by atoms with E-state index in [4.69, 9.17) is 11.6 Å². The van der Waals surface area contributed by atoms with Crippen molar-refractivity contribution < 1.29 is 8.42 Å². The van der Waals surface area contributed by atoms with E-state index in [9.17, 15) is 8.42 Å². The Morgan fingerprint density at radius 2 is 1.84 bits per heavy atom. The molecule has 0 spiro atoms. The molecular weight excluding hydrogens is 284 g/mol. The zero-order valence-corrected chi connectivity index (χ0v) is 12.5. The summed E-state index contributed by atoms with van der Waals surface area (Å²) < 4.78 is 28.9. The molecule has 1 fully saturated rings. The zero-order valence-electron chi connectivity index (χ0n) is 11.0. The third kappa shape index (κ3) is 3.28. The third-order valence-corrected chi connectivity index (χ3v) is 5.73. The summed E-state index contributed by atoms with van der Waals surface area (Å²) in [7, 11) is -3.48. The van der Waals surface area contributed by atoms with Gasteiger partial charge in [0.2, 0.25) is 0 Å². The summed E-state index contributed by atoms with van der Waals surface area (Å²) in [6, 6.07) is 9.42. The van der Waals surface area contributed by atoms with E-state index >= 15 is 0 Å². The number of hydrogen-bond donors (Lipinski definition) is 1. The quantitative estimate of drug-likeness (QED) is 0.847. The monoisotopic (exact) mass is 302 g/mol. The van der Waals surface area contributed by atoms with Crippen molar-refractivity contribution in [2.45, 2.75) is 25.3 Å². The Balaban J connectivity index is 2.23. The predicted octanol–water partition coefficient (Wildman–Crippen LogP) is 2.07. The van der Waals surface area contributed by atoms with Crippen LogP contribution in [0, 0.1) is 0 Å². The van der Waals surface area contributed by atoms with Crippen LogP contribution in [0.5, 0.6) is 0 Å². The third-order valence-electron chi connectivity index (χ3n) is 3.44. The van der Waals surface area contributed by atoms with Gasteiger partial charge in [0, 0.05) is 19.0 Å². The number of hydrogen-bond acceptors (Lipinski definition) is 2. The number of halogens is 1. The Hall–Kier alpha value is -0.620. The molecule has 0 bridgehead atoms. The van der Waals surface area contributed by atoms with Crippen LogP contribution in [0.3, 0.4) is 0 Å². The average Bonchev–Trinajstić information content (AvgIpc) is 2.94. The molecule has 1 aromatic rings. The molecule has 2 rings (SSSR count). The molecule has 0 aromatic heterocycles. The number of alkyl halides is 1. The van der Waals surface area contributed by atoms with Crippen LogP contribution in [0.2, 0.25) is 0 Å². The number of nitrogens with zero attached hydrogens (tertiary/aromatic N) is 1. The van der Waals surface area contributed by atoms with Gasteiger partial charge in [-0.2, -0.15) is 17.4 Å². The van der Waals surface area contributed by atoms with E-state index in [-0.39, 0.29) is 5.88 Å². The van der Waals surface area contributed by atoms with Crippen molar-refractivity contribution in [3.63, 3.8) is 0 Å². The molecule has 0 aliphatic carbocycles. The second-order valence-electron chi connectivity index (χ2n) is 5.05. The number of rotatable bonds is 5. The molecule has 19 heavy (non-hydrogen) atoms. The molecule has 1 aliphatic heterocycles. The molecule has 106 valence electrons. The standard InChI is InChI=1S/C13H19ClN2O2S/c1-13(11-14,12-7-3-2-4-8-12)15-19(17,18)16-9-5-6-10-16/h2-4,7-8,15H,5-6,9-11H2,1H3. The molecule has 1 heterocycles. The van der Waals surface area contributed by atoms with Crippen LogP contribution >= 0.6 is 11.6 Å². The minimum atomic E-state index is -3.48. The van der Waals surface area contributed by atoms with Crippen LogP contribution in [0.15, 0.2) is 30.3 Å². The van der Waals surface area contributed by atoms with Crippen LogP contribution in [0.1, 0.15) is 25.3 Å². The summed E-state index contributed by atoms with van der Waals surface area (Å²) in [4.78, 5) is 0. The van der Waals surface area contributed by atoms with Gasteiger partial charge in [-0.1, -0.05) is 30.3 Å². The molecule has 1 aromatic carbocycles. The van der Waals surface area contributed by atoms with Crippen molar-refractivity contribution in [3.8, 4) is 0 Å².